The summed E-state index contributed by atoms with van der Waals surface area (Å²) >= 11 is 0. The molecule has 19 heavy (non-hydrogen) atoms. The molecular formula is C15H24N4. The van der Waals surface area contributed by atoms with Crippen LogP contribution in [0.1, 0.15) is 5.56 Å². The lowest BCUT2D eigenvalue weighted by molar-refractivity contribution is 0.272. The quantitative estimate of drug-likeness (QED) is 0.813. The number of nitrogens with zero attached hydrogens (tertiary/aromatic N) is 4. The number of fused-ring (bicyclic) bond motifs is 1. The zero-order valence-electron chi connectivity index (χ0n) is 12.2. The first-order valence-electron chi connectivity index (χ1n) is 7.15. The van der Waals surface area contributed by atoms with Gasteiger partial charge in [0.15, 0.2) is 0 Å². The summed E-state index contributed by atoms with van der Waals surface area (Å²) in [5, 5.41) is 0. The van der Waals surface area contributed by atoms with E-state index in [1.54, 1.807) is 0 Å². The van der Waals surface area contributed by atoms with Crippen LogP contribution in [0.25, 0.3) is 0 Å². The van der Waals surface area contributed by atoms with E-state index >= 15 is 0 Å². The topological polar surface area (TPSA) is 22.6 Å². The molecule has 0 spiro atoms. The molecule has 104 valence electrons. The summed E-state index contributed by atoms with van der Waals surface area (Å²) in [7, 11) is 6.30. The van der Waals surface area contributed by atoms with Gasteiger partial charge in [-0.3, -0.25) is 4.90 Å². The number of likely N-dealkylation sites (tertiary alicyclic amines) is 2. The first-order chi connectivity index (χ1) is 9.11. The summed E-state index contributed by atoms with van der Waals surface area (Å²) in [6.07, 6.45) is 2.02. The smallest absolute Gasteiger partial charge is 0.127 e. The van der Waals surface area contributed by atoms with Gasteiger partial charge in [0, 0.05) is 53.0 Å². The molecule has 0 bridgehead atoms. The van der Waals surface area contributed by atoms with Gasteiger partial charge in [-0.2, -0.15) is 0 Å². The molecule has 0 N–H and O–H groups in total. The number of hydrogen-bond acceptors (Lipinski definition) is 4. The molecule has 1 aromatic rings. The van der Waals surface area contributed by atoms with Crippen LogP contribution in [0.2, 0.25) is 0 Å². The van der Waals surface area contributed by atoms with Crippen molar-refractivity contribution in [2.45, 2.75) is 6.54 Å². The molecule has 0 aliphatic carbocycles. The van der Waals surface area contributed by atoms with E-state index in [2.05, 4.69) is 34.0 Å². The second kappa shape index (κ2) is 5.10. The fraction of sp³-hybridized carbons (Fsp3) is 0.667. The monoisotopic (exact) mass is 260 g/mol. The molecular weight excluding hydrogens is 236 g/mol. The Labute approximate surface area is 116 Å². The van der Waals surface area contributed by atoms with E-state index < -0.39 is 0 Å². The van der Waals surface area contributed by atoms with Crippen molar-refractivity contribution in [3.63, 3.8) is 0 Å². The van der Waals surface area contributed by atoms with Crippen LogP contribution in [0.4, 0.5) is 5.82 Å². The minimum absolute atomic E-state index is 0.888. The van der Waals surface area contributed by atoms with Crippen molar-refractivity contribution in [1.82, 2.24) is 14.8 Å². The Morgan fingerprint density at radius 2 is 1.84 bits per heavy atom. The largest absolute Gasteiger partial charge is 0.363 e. The summed E-state index contributed by atoms with van der Waals surface area (Å²) in [4.78, 5) is 11.6. The Morgan fingerprint density at radius 3 is 2.37 bits per heavy atom. The third kappa shape index (κ3) is 2.74. The van der Waals surface area contributed by atoms with E-state index in [9.17, 15) is 0 Å². The number of anilines is 1. The molecule has 2 aliphatic rings. The highest BCUT2D eigenvalue weighted by molar-refractivity contribution is 5.37. The van der Waals surface area contributed by atoms with Gasteiger partial charge in [0.2, 0.25) is 0 Å². The molecule has 3 rings (SSSR count). The predicted molar refractivity (Wildman–Crippen MR) is 78.3 cm³/mol. The van der Waals surface area contributed by atoms with Gasteiger partial charge in [-0.05, 0) is 30.5 Å². The molecule has 2 atom stereocenters. The molecule has 2 fully saturated rings. The average molecular weight is 260 g/mol. The van der Waals surface area contributed by atoms with Crippen LogP contribution in [-0.2, 0) is 6.54 Å². The molecule has 4 heteroatoms. The van der Waals surface area contributed by atoms with E-state index in [0.29, 0.717) is 0 Å². The van der Waals surface area contributed by atoms with E-state index in [0.717, 1.165) is 24.2 Å². The third-order valence-electron chi connectivity index (χ3n) is 4.42. The van der Waals surface area contributed by atoms with Gasteiger partial charge in [-0.15, -0.1) is 0 Å². The van der Waals surface area contributed by atoms with Crippen molar-refractivity contribution < 1.29 is 0 Å². The van der Waals surface area contributed by atoms with Gasteiger partial charge in [-0.25, -0.2) is 4.98 Å². The molecule has 0 saturated carbocycles. The second-order valence-corrected chi connectivity index (χ2v) is 6.35. The number of rotatable bonds is 3. The first-order valence-corrected chi connectivity index (χ1v) is 7.15. The van der Waals surface area contributed by atoms with Crippen molar-refractivity contribution in [2.75, 3.05) is 52.2 Å². The zero-order chi connectivity index (χ0) is 13.4. The molecule has 3 heterocycles. The molecule has 4 nitrogen and oxygen atoms in total. The van der Waals surface area contributed by atoms with E-state index in [1.807, 2.05) is 25.2 Å². The van der Waals surface area contributed by atoms with Crippen LogP contribution < -0.4 is 4.90 Å². The Kier molecular flexibility index (Phi) is 3.46. The van der Waals surface area contributed by atoms with Gasteiger partial charge in [0.05, 0.1) is 0 Å². The zero-order valence-corrected chi connectivity index (χ0v) is 12.2. The normalized spacial score (nSPS) is 27.7. The van der Waals surface area contributed by atoms with Crippen LogP contribution in [0.5, 0.6) is 0 Å². The molecule has 1 aromatic heterocycles. The van der Waals surface area contributed by atoms with Crippen LogP contribution in [0.3, 0.4) is 0 Å². The maximum absolute atomic E-state index is 4.50. The Morgan fingerprint density at radius 1 is 1.16 bits per heavy atom. The predicted octanol–water partition coefficient (Wildman–Crippen LogP) is 1.14. The highest BCUT2D eigenvalue weighted by atomic mass is 15.2. The van der Waals surface area contributed by atoms with Crippen LogP contribution in [0, 0.1) is 11.8 Å². The summed E-state index contributed by atoms with van der Waals surface area (Å²) in [6, 6.07) is 4.32. The Hall–Kier alpha value is -1.13. The standard InChI is InChI=1S/C15H24N4/c1-17(2)15-5-4-12(6-16-15)7-19-10-13-8-18(3)9-14(13)11-19/h4-6,13-14H,7-11H2,1-3H3/t13-,14+. The Bertz CT molecular complexity index is 414. The SMILES string of the molecule is CN1C[C@@H]2CN(Cc3ccc(N(C)C)nc3)C[C@@H]2C1. The highest BCUT2D eigenvalue weighted by Gasteiger charge is 2.38. The maximum Gasteiger partial charge on any atom is 0.127 e. The molecule has 0 amide bonds. The second-order valence-electron chi connectivity index (χ2n) is 6.35. The summed E-state index contributed by atoms with van der Waals surface area (Å²) in [5.41, 5.74) is 1.33. The van der Waals surface area contributed by atoms with E-state index in [4.69, 9.17) is 0 Å². The lowest BCUT2D eigenvalue weighted by Crippen LogP contribution is -2.26. The average Bonchev–Trinajstić information content (AvgIpc) is 2.86. The van der Waals surface area contributed by atoms with Gasteiger partial charge in [0.1, 0.15) is 5.82 Å². The summed E-state index contributed by atoms with van der Waals surface area (Å²) < 4.78 is 0. The fourth-order valence-corrected chi connectivity index (χ4v) is 3.49. The Balaban J connectivity index is 1.58. The third-order valence-corrected chi connectivity index (χ3v) is 4.42. The van der Waals surface area contributed by atoms with Gasteiger partial charge >= 0.3 is 0 Å². The number of pyridine rings is 1. The lowest BCUT2D eigenvalue weighted by Gasteiger charge is -2.19. The van der Waals surface area contributed by atoms with Gasteiger partial charge < -0.3 is 9.80 Å². The molecule has 0 aromatic carbocycles. The minimum Gasteiger partial charge on any atom is -0.363 e. The first kappa shape index (κ1) is 12.9. The maximum atomic E-state index is 4.50. The van der Waals surface area contributed by atoms with Crippen molar-refractivity contribution in [3.05, 3.63) is 23.9 Å². The van der Waals surface area contributed by atoms with Crippen molar-refractivity contribution in [3.8, 4) is 0 Å². The van der Waals surface area contributed by atoms with Gasteiger partial charge in [0.25, 0.3) is 0 Å². The highest BCUT2D eigenvalue weighted by Crippen LogP contribution is 2.30. The molecule has 2 saturated heterocycles. The van der Waals surface area contributed by atoms with E-state index in [1.165, 1.54) is 31.7 Å². The van der Waals surface area contributed by atoms with Crippen LogP contribution in [-0.4, -0.2) is 62.1 Å². The molecule has 0 unspecified atom stereocenters. The number of aromatic nitrogens is 1. The van der Waals surface area contributed by atoms with Crippen LogP contribution in [0.15, 0.2) is 18.3 Å². The van der Waals surface area contributed by atoms with Crippen molar-refractivity contribution >= 4 is 5.82 Å². The van der Waals surface area contributed by atoms with E-state index in [-0.39, 0.29) is 0 Å². The van der Waals surface area contributed by atoms with Crippen LogP contribution >= 0.6 is 0 Å². The summed E-state index contributed by atoms with van der Waals surface area (Å²) in [6.45, 7) is 6.12. The fourth-order valence-electron chi connectivity index (χ4n) is 3.49. The van der Waals surface area contributed by atoms with Crippen molar-refractivity contribution in [2.24, 2.45) is 11.8 Å². The molecule has 0 radical (unpaired) electrons. The lowest BCUT2D eigenvalue weighted by atomic mass is 10.0. The molecule has 2 aliphatic heterocycles. The number of hydrogen-bond donors (Lipinski definition) is 0. The summed E-state index contributed by atoms with van der Waals surface area (Å²) in [5.74, 6) is 2.81. The minimum atomic E-state index is 0.888. The van der Waals surface area contributed by atoms with Gasteiger partial charge in [-0.1, -0.05) is 6.07 Å². The van der Waals surface area contributed by atoms with Crippen molar-refractivity contribution in [1.29, 1.82) is 0 Å².